The molecule has 110 valence electrons. The number of nitrogens with one attached hydrogen (secondary N) is 1. The highest BCUT2D eigenvalue weighted by Gasteiger charge is 2.20. The van der Waals surface area contributed by atoms with Crippen molar-refractivity contribution in [2.24, 2.45) is 5.92 Å². The van der Waals surface area contributed by atoms with Gasteiger partial charge < -0.3 is 15.8 Å². The summed E-state index contributed by atoms with van der Waals surface area (Å²) < 4.78 is 5.43. The Labute approximate surface area is 128 Å². The predicted molar refractivity (Wildman–Crippen MR) is 82.3 cm³/mol. The van der Waals surface area contributed by atoms with Gasteiger partial charge in [0.1, 0.15) is 0 Å². The molecule has 0 saturated heterocycles. The standard InChI is InChI=1S/C14H18Cl2N2O2/c15-11-7-10(17)8-12(16)14(11)18-13(19)4-6-20-5-3-9-1-2-9/h7-9H,1-6,17H2,(H,18,19). The van der Waals surface area contributed by atoms with E-state index in [2.05, 4.69) is 5.32 Å². The Kier molecular flexibility index (Phi) is 5.52. The molecular weight excluding hydrogens is 299 g/mol. The third-order valence-corrected chi connectivity index (χ3v) is 3.77. The molecule has 1 fully saturated rings. The minimum Gasteiger partial charge on any atom is -0.399 e. The van der Waals surface area contributed by atoms with Crippen LogP contribution in [-0.4, -0.2) is 19.1 Å². The van der Waals surface area contributed by atoms with Gasteiger partial charge in [0.25, 0.3) is 0 Å². The molecule has 0 aliphatic heterocycles. The van der Waals surface area contributed by atoms with E-state index in [1.807, 2.05) is 0 Å². The van der Waals surface area contributed by atoms with Crippen molar-refractivity contribution >= 4 is 40.5 Å². The number of nitrogen functional groups attached to an aromatic ring is 1. The molecule has 0 spiro atoms. The normalized spacial score (nSPS) is 14.3. The summed E-state index contributed by atoms with van der Waals surface area (Å²) >= 11 is 12.0. The fourth-order valence-electron chi connectivity index (χ4n) is 1.84. The van der Waals surface area contributed by atoms with Gasteiger partial charge in [-0.3, -0.25) is 4.79 Å². The summed E-state index contributed by atoms with van der Waals surface area (Å²) in [7, 11) is 0. The number of anilines is 2. The van der Waals surface area contributed by atoms with Gasteiger partial charge in [0, 0.05) is 12.3 Å². The Bertz CT molecular complexity index is 467. The van der Waals surface area contributed by atoms with Crippen LogP contribution in [0.5, 0.6) is 0 Å². The Hall–Kier alpha value is -0.970. The SMILES string of the molecule is Nc1cc(Cl)c(NC(=O)CCOCCC2CC2)c(Cl)c1. The summed E-state index contributed by atoms with van der Waals surface area (Å²) in [6.45, 7) is 1.13. The first-order valence-electron chi connectivity index (χ1n) is 6.68. The van der Waals surface area contributed by atoms with Gasteiger partial charge in [-0.25, -0.2) is 0 Å². The molecule has 0 radical (unpaired) electrons. The van der Waals surface area contributed by atoms with Crippen LogP contribution in [0.3, 0.4) is 0 Å². The van der Waals surface area contributed by atoms with E-state index in [0.717, 1.165) is 18.9 Å². The van der Waals surface area contributed by atoms with E-state index >= 15 is 0 Å². The summed E-state index contributed by atoms with van der Waals surface area (Å²) in [4.78, 5) is 11.8. The fraction of sp³-hybridized carbons (Fsp3) is 0.500. The van der Waals surface area contributed by atoms with Crippen LogP contribution in [0, 0.1) is 5.92 Å². The zero-order valence-corrected chi connectivity index (χ0v) is 12.6. The van der Waals surface area contributed by atoms with Crippen molar-refractivity contribution in [1.82, 2.24) is 0 Å². The fourth-order valence-corrected chi connectivity index (χ4v) is 2.44. The first-order valence-corrected chi connectivity index (χ1v) is 7.44. The van der Waals surface area contributed by atoms with Crippen LogP contribution in [0.1, 0.15) is 25.7 Å². The lowest BCUT2D eigenvalue weighted by atomic mass is 10.2. The number of nitrogens with two attached hydrogens (primary N) is 1. The summed E-state index contributed by atoms with van der Waals surface area (Å²) in [6, 6.07) is 3.10. The second kappa shape index (κ2) is 7.16. The van der Waals surface area contributed by atoms with Crippen LogP contribution in [-0.2, 0) is 9.53 Å². The molecule has 2 rings (SSSR count). The van der Waals surface area contributed by atoms with Gasteiger partial charge in [0.05, 0.1) is 28.8 Å². The van der Waals surface area contributed by atoms with Crippen LogP contribution in [0.15, 0.2) is 12.1 Å². The lowest BCUT2D eigenvalue weighted by molar-refractivity contribution is -0.117. The van der Waals surface area contributed by atoms with Crippen molar-refractivity contribution in [1.29, 1.82) is 0 Å². The summed E-state index contributed by atoms with van der Waals surface area (Å²) in [5.41, 5.74) is 6.45. The molecular formula is C14H18Cl2N2O2. The lowest BCUT2D eigenvalue weighted by Crippen LogP contribution is -2.15. The quantitative estimate of drug-likeness (QED) is 0.595. The van der Waals surface area contributed by atoms with Gasteiger partial charge >= 0.3 is 0 Å². The lowest BCUT2D eigenvalue weighted by Gasteiger charge is -2.10. The number of hydrogen-bond donors (Lipinski definition) is 2. The van der Waals surface area contributed by atoms with Crippen LogP contribution in [0.25, 0.3) is 0 Å². The molecule has 0 aromatic heterocycles. The monoisotopic (exact) mass is 316 g/mol. The van der Waals surface area contributed by atoms with Crippen molar-refractivity contribution in [3.63, 3.8) is 0 Å². The number of halogens is 2. The maximum atomic E-state index is 11.8. The van der Waals surface area contributed by atoms with Crippen LogP contribution in [0.4, 0.5) is 11.4 Å². The number of ether oxygens (including phenoxy) is 1. The second-order valence-corrected chi connectivity index (χ2v) is 5.82. The largest absolute Gasteiger partial charge is 0.399 e. The molecule has 0 heterocycles. The van der Waals surface area contributed by atoms with E-state index in [1.165, 1.54) is 12.8 Å². The summed E-state index contributed by atoms with van der Waals surface area (Å²) in [5, 5.41) is 3.34. The van der Waals surface area contributed by atoms with Crippen molar-refractivity contribution in [2.75, 3.05) is 24.3 Å². The smallest absolute Gasteiger partial charge is 0.226 e. The van der Waals surface area contributed by atoms with Gasteiger partial charge in [0.15, 0.2) is 0 Å². The van der Waals surface area contributed by atoms with E-state index in [-0.39, 0.29) is 12.3 Å². The summed E-state index contributed by atoms with van der Waals surface area (Å²) in [6.07, 6.45) is 4.01. The molecule has 1 aliphatic carbocycles. The molecule has 20 heavy (non-hydrogen) atoms. The van der Waals surface area contributed by atoms with E-state index in [4.69, 9.17) is 33.7 Å². The second-order valence-electron chi connectivity index (χ2n) is 5.00. The van der Waals surface area contributed by atoms with E-state index in [1.54, 1.807) is 12.1 Å². The number of carbonyl (C=O) groups is 1. The highest BCUT2D eigenvalue weighted by Crippen LogP contribution is 2.33. The first-order chi connectivity index (χ1) is 9.56. The average molecular weight is 317 g/mol. The first kappa shape index (κ1) is 15.4. The van der Waals surface area contributed by atoms with E-state index < -0.39 is 0 Å². The predicted octanol–water partition coefficient (Wildman–Crippen LogP) is 3.72. The number of benzene rings is 1. The minimum atomic E-state index is -0.176. The third-order valence-electron chi connectivity index (χ3n) is 3.17. The average Bonchev–Trinajstić information content (AvgIpc) is 3.17. The molecule has 1 saturated carbocycles. The Balaban J connectivity index is 1.73. The zero-order chi connectivity index (χ0) is 14.5. The van der Waals surface area contributed by atoms with Gasteiger partial charge in [-0.05, 0) is 24.5 Å². The maximum Gasteiger partial charge on any atom is 0.226 e. The maximum absolute atomic E-state index is 11.8. The number of carbonyl (C=O) groups excluding carboxylic acids is 1. The Morgan fingerprint density at radius 3 is 2.55 bits per heavy atom. The number of hydrogen-bond acceptors (Lipinski definition) is 3. The topological polar surface area (TPSA) is 64.3 Å². The number of rotatable bonds is 7. The Morgan fingerprint density at radius 2 is 1.95 bits per heavy atom. The van der Waals surface area contributed by atoms with Gasteiger partial charge in [-0.2, -0.15) is 0 Å². The molecule has 0 unspecified atom stereocenters. The van der Waals surface area contributed by atoms with Gasteiger partial charge in [-0.1, -0.05) is 36.0 Å². The van der Waals surface area contributed by atoms with E-state index in [0.29, 0.717) is 28.0 Å². The highest BCUT2D eigenvalue weighted by atomic mass is 35.5. The van der Waals surface area contributed by atoms with Crippen LogP contribution < -0.4 is 11.1 Å². The van der Waals surface area contributed by atoms with Crippen LogP contribution >= 0.6 is 23.2 Å². The molecule has 1 aromatic carbocycles. The van der Waals surface area contributed by atoms with Crippen LogP contribution in [0.2, 0.25) is 10.0 Å². The third kappa shape index (κ3) is 4.85. The molecule has 0 atom stereocenters. The molecule has 3 N–H and O–H groups in total. The van der Waals surface area contributed by atoms with Crippen molar-refractivity contribution < 1.29 is 9.53 Å². The number of amides is 1. The molecule has 1 aromatic rings. The van der Waals surface area contributed by atoms with Gasteiger partial charge in [-0.15, -0.1) is 0 Å². The van der Waals surface area contributed by atoms with Crippen molar-refractivity contribution in [3.8, 4) is 0 Å². The van der Waals surface area contributed by atoms with E-state index in [9.17, 15) is 4.79 Å². The Morgan fingerprint density at radius 1 is 1.30 bits per heavy atom. The van der Waals surface area contributed by atoms with Crippen molar-refractivity contribution in [3.05, 3.63) is 22.2 Å². The van der Waals surface area contributed by atoms with Gasteiger partial charge in [0.2, 0.25) is 5.91 Å². The minimum absolute atomic E-state index is 0.176. The van der Waals surface area contributed by atoms with Crippen molar-refractivity contribution in [2.45, 2.75) is 25.7 Å². The molecule has 1 amide bonds. The molecule has 0 bridgehead atoms. The highest BCUT2D eigenvalue weighted by molar-refractivity contribution is 6.40. The zero-order valence-electron chi connectivity index (χ0n) is 11.1. The molecule has 4 nitrogen and oxygen atoms in total. The summed E-state index contributed by atoms with van der Waals surface area (Å²) in [5.74, 6) is 0.668. The molecule has 6 heteroatoms. The molecule has 1 aliphatic rings.